The Morgan fingerprint density at radius 2 is 2.07 bits per heavy atom. The van der Waals surface area contributed by atoms with Crippen LogP contribution in [0.15, 0.2) is 0 Å². The minimum atomic E-state index is -0.705. The molecule has 1 N–H and O–H groups in total. The Bertz CT molecular complexity index is 246. The van der Waals surface area contributed by atoms with Gasteiger partial charge < -0.3 is 5.11 Å². The summed E-state index contributed by atoms with van der Waals surface area (Å²) in [5, 5.41) is 8.88. The van der Waals surface area contributed by atoms with Gasteiger partial charge in [-0.15, -0.1) is 0 Å². The zero-order valence-electron chi connectivity index (χ0n) is 10.3. The summed E-state index contributed by atoms with van der Waals surface area (Å²) in [6.45, 7) is 10.6. The third kappa shape index (κ3) is 3.49. The second-order valence-electron chi connectivity index (χ2n) is 6.07. The summed E-state index contributed by atoms with van der Waals surface area (Å²) in [4.78, 5) is 13.1. The molecule has 1 aliphatic heterocycles. The molecule has 1 heterocycles. The fraction of sp³-hybridized carbons (Fsp3) is 0.917. The van der Waals surface area contributed by atoms with E-state index in [9.17, 15) is 4.79 Å². The van der Waals surface area contributed by atoms with Crippen molar-refractivity contribution in [2.45, 2.75) is 52.5 Å². The van der Waals surface area contributed by atoms with E-state index in [0.717, 1.165) is 13.1 Å². The summed E-state index contributed by atoms with van der Waals surface area (Å²) in [6.07, 6.45) is 2.64. The smallest absolute Gasteiger partial charge is 0.305 e. The van der Waals surface area contributed by atoms with Crippen LogP contribution in [0.1, 0.15) is 47.0 Å². The molecule has 1 aliphatic rings. The van der Waals surface area contributed by atoms with Crippen LogP contribution in [-0.2, 0) is 4.79 Å². The highest BCUT2D eigenvalue weighted by molar-refractivity contribution is 5.68. The van der Waals surface area contributed by atoms with Gasteiger partial charge in [0.15, 0.2) is 0 Å². The average Bonchev–Trinajstić information content (AvgIpc) is 1.99. The molecule has 0 unspecified atom stereocenters. The van der Waals surface area contributed by atoms with Crippen molar-refractivity contribution in [1.29, 1.82) is 0 Å². The van der Waals surface area contributed by atoms with Crippen LogP contribution in [-0.4, -0.2) is 34.6 Å². The van der Waals surface area contributed by atoms with Crippen molar-refractivity contribution in [2.75, 3.05) is 13.1 Å². The van der Waals surface area contributed by atoms with Crippen LogP contribution in [0.4, 0.5) is 0 Å². The maximum atomic E-state index is 10.8. The molecule has 1 saturated heterocycles. The van der Waals surface area contributed by atoms with Crippen LogP contribution in [0.5, 0.6) is 0 Å². The number of hydrogen-bond donors (Lipinski definition) is 1. The number of carbonyl (C=O) groups is 1. The highest BCUT2D eigenvalue weighted by Crippen LogP contribution is 2.33. The van der Waals surface area contributed by atoms with Crippen LogP contribution < -0.4 is 0 Å². The Morgan fingerprint density at radius 3 is 2.53 bits per heavy atom. The number of rotatable bonds is 3. The average molecular weight is 213 g/mol. The Labute approximate surface area is 92.5 Å². The van der Waals surface area contributed by atoms with Gasteiger partial charge in [-0.25, -0.2) is 0 Å². The summed E-state index contributed by atoms with van der Waals surface area (Å²) in [7, 11) is 0. The number of nitrogens with zero attached hydrogens (tertiary/aromatic N) is 1. The van der Waals surface area contributed by atoms with Crippen LogP contribution in [0.3, 0.4) is 0 Å². The van der Waals surface area contributed by atoms with E-state index >= 15 is 0 Å². The lowest BCUT2D eigenvalue weighted by molar-refractivity contribution is -0.140. The Balaban J connectivity index is 2.66. The van der Waals surface area contributed by atoms with Gasteiger partial charge in [0.05, 0.1) is 6.42 Å². The number of aliphatic carboxylic acids is 1. The van der Waals surface area contributed by atoms with Crippen molar-refractivity contribution in [2.24, 2.45) is 5.41 Å². The second-order valence-corrected chi connectivity index (χ2v) is 6.07. The first-order valence-electron chi connectivity index (χ1n) is 5.70. The minimum absolute atomic E-state index is 0.219. The van der Waals surface area contributed by atoms with Gasteiger partial charge in [0.1, 0.15) is 0 Å². The van der Waals surface area contributed by atoms with Gasteiger partial charge in [-0.3, -0.25) is 9.69 Å². The molecule has 15 heavy (non-hydrogen) atoms. The van der Waals surface area contributed by atoms with E-state index in [2.05, 4.69) is 18.7 Å². The quantitative estimate of drug-likeness (QED) is 0.782. The standard InChI is InChI=1S/C12H23NO2/c1-11(2)6-5-7-13(9-11)12(3,4)8-10(14)15/h5-9H2,1-4H3,(H,14,15). The predicted molar refractivity (Wildman–Crippen MR) is 60.9 cm³/mol. The number of likely N-dealkylation sites (tertiary alicyclic amines) is 1. The Hall–Kier alpha value is -0.570. The Morgan fingerprint density at radius 1 is 1.47 bits per heavy atom. The van der Waals surface area contributed by atoms with Crippen molar-refractivity contribution in [3.63, 3.8) is 0 Å². The fourth-order valence-corrected chi connectivity index (χ4v) is 2.42. The molecule has 0 aromatic rings. The summed E-state index contributed by atoms with van der Waals surface area (Å²) in [5.74, 6) is -0.705. The molecule has 0 aliphatic carbocycles. The lowest BCUT2D eigenvalue weighted by Crippen LogP contribution is -2.52. The van der Waals surface area contributed by atoms with Crippen LogP contribution in [0, 0.1) is 5.41 Å². The lowest BCUT2D eigenvalue weighted by Gasteiger charge is -2.46. The van der Waals surface area contributed by atoms with Gasteiger partial charge in [0, 0.05) is 12.1 Å². The van der Waals surface area contributed by atoms with Gasteiger partial charge in [0.2, 0.25) is 0 Å². The maximum Gasteiger partial charge on any atom is 0.305 e. The highest BCUT2D eigenvalue weighted by Gasteiger charge is 2.35. The molecule has 0 radical (unpaired) electrons. The fourth-order valence-electron chi connectivity index (χ4n) is 2.42. The SMILES string of the molecule is CC1(C)CCCN(C(C)(C)CC(=O)O)C1. The molecular weight excluding hydrogens is 190 g/mol. The molecule has 0 atom stereocenters. The summed E-state index contributed by atoms with van der Waals surface area (Å²) in [5.41, 5.74) is 0.109. The molecule has 0 saturated carbocycles. The van der Waals surface area contributed by atoms with Gasteiger partial charge in [-0.2, -0.15) is 0 Å². The minimum Gasteiger partial charge on any atom is -0.481 e. The number of carboxylic acid groups (broad SMARTS) is 1. The number of piperidine rings is 1. The first-order chi connectivity index (χ1) is 6.73. The van der Waals surface area contributed by atoms with Crippen molar-refractivity contribution in [1.82, 2.24) is 4.90 Å². The third-order valence-electron chi connectivity index (χ3n) is 3.34. The first-order valence-corrected chi connectivity index (χ1v) is 5.70. The molecule has 3 heteroatoms. The zero-order valence-corrected chi connectivity index (χ0v) is 10.3. The summed E-state index contributed by atoms with van der Waals surface area (Å²) >= 11 is 0. The largest absolute Gasteiger partial charge is 0.481 e. The molecule has 0 aromatic carbocycles. The van der Waals surface area contributed by atoms with Gasteiger partial charge in [0.25, 0.3) is 0 Å². The van der Waals surface area contributed by atoms with Crippen molar-refractivity contribution < 1.29 is 9.90 Å². The predicted octanol–water partition coefficient (Wildman–Crippen LogP) is 2.36. The lowest BCUT2D eigenvalue weighted by atomic mass is 9.81. The van der Waals surface area contributed by atoms with E-state index in [0.29, 0.717) is 5.41 Å². The molecule has 0 spiro atoms. The van der Waals surface area contributed by atoms with Gasteiger partial charge in [-0.1, -0.05) is 13.8 Å². The normalized spacial score (nSPS) is 22.7. The van der Waals surface area contributed by atoms with Crippen LogP contribution in [0.2, 0.25) is 0 Å². The Kier molecular flexibility index (Phi) is 3.44. The topological polar surface area (TPSA) is 40.5 Å². The first kappa shape index (κ1) is 12.5. The zero-order chi connectivity index (χ0) is 11.7. The van der Waals surface area contributed by atoms with Crippen LogP contribution in [0.25, 0.3) is 0 Å². The van der Waals surface area contributed by atoms with Crippen molar-refractivity contribution in [3.8, 4) is 0 Å². The molecule has 3 nitrogen and oxygen atoms in total. The number of hydrogen-bond acceptors (Lipinski definition) is 2. The molecular formula is C12H23NO2. The summed E-state index contributed by atoms with van der Waals surface area (Å²) < 4.78 is 0. The molecule has 88 valence electrons. The van der Waals surface area contributed by atoms with E-state index in [1.54, 1.807) is 0 Å². The van der Waals surface area contributed by atoms with E-state index in [-0.39, 0.29) is 12.0 Å². The molecule has 0 aromatic heterocycles. The highest BCUT2D eigenvalue weighted by atomic mass is 16.4. The molecule has 1 fully saturated rings. The third-order valence-corrected chi connectivity index (χ3v) is 3.34. The monoisotopic (exact) mass is 213 g/mol. The van der Waals surface area contributed by atoms with Gasteiger partial charge >= 0.3 is 5.97 Å². The van der Waals surface area contributed by atoms with Gasteiger partial charge in [-0.05, 0) is 38.6 Å². The van der Waals surface area contributed by atoms with E-state index in [1.165, 1.54) is 12.8 Å². The van der Waals surface area contributed by atoms with E-state index < -0.39 is 5.97 Å². The second kappa shape index (κ2) is 4.12. The number of carboxylic acids is 1. The summed E-state index contributed by atoms with van der Waals surface area (Å²) in [6, 6.07) is 0. The van der Waals surface area contributed by atoms with Crippen molar-refractivity contribution >= 4 is 5.97 Å². The maximum absolute atomic E-state index is 10.8. The molecule has 0 amide bonds. The van der Waals surface area contributed by atoms with E-state index in [1.807, 2.05) is 13.8 Å². The molecule has 0 bridgehead atoms. The van der Waals surface area contributed by atoms with Crippen molar-refractivity contribution in [3.05, 3.63) is 0 Å². The molecule has 1 rings (SSSR count). The van der Waals surface area contributed by atoms with E-state index in [4.69, 9.17) is 5.11 Å². The van der Waals surface area contributed by atoms with Crippen LogP contribution >= 0.6 is 0 Å².